The topological polar surface area (TPSA) is 118 Å². The number of nitrogens with two attached hydrogens (primary N) is 1. The number of halogens is 3. The Bertz CT molecular complexity index is 1300. The van der Waals surface area contributed by atoms with E-state index in [0.29, 0.717) is 10.2 Å². The Morgan fingerprint density at radius 2 is 1.97 bits per heavy atom. The molecule has 1 aromatic carbocycles. The van der Waals surface area contributed by atoms with Crippen LogP contribution in [-0.4, -0.2) is 22.4 Å². The third kappa shape index (κ3) is 4.08. The first-order valence-corrected chi connectivity index (χ1v) is 10.2. The van der Waals surface area contributed by atoms with Crippen LogP contribution in [0.3, 0.4) is 0 Å². The van der Waals surface area contributed by atoms with Gasteiger partial charge in [0.05, 0.1) is 11.0 Å². The summed E-state index contributed by atoms with van der Waals surface area (Å²) in [6.45, 7) is 2.02. The molecule has 0 aliphatic rings. The predicted octanol–water partition coefficient (Wildman–Crippen LogP) is 3.30. The van der Waals surface area contributed by atoms with Gasteiger partial charge < -0.3 is 20.1 Å². The highest BCUT2D eigenvalue weighted by Crippen LogP contribution is 2.35. The van der Waals surface area contributed by atoms with Crippen molar-refractivity contribution in [3.05, 3.63) is 52.7 Å². The average molecular weight is 464 g/mol. The highest BCUT2D eigenvalue weighted by atomic mass is 32.1. The van der Waals surface area contributed by atoms with Crippen molar-refractivity contribution in [2.75, 3.05) is 5.73 Å². The number of fused-ring (bicyclic) bond motifs is 1. The number of carbonyl (C=O) groups excluding carboxylic acids is 1. The number of alkyl halides is 3. The summed E-state index contributed by atoms with van der Waals surface area (Å²) in [7, 11) is 0. The fourth-order valence-corrected chi connectivity index (χ4v) is 4.16. The first kappa shape index (κ1) is 21.6. The van der Waals surface area contributed by atoms with Crippen molar-refractivity contribution in [2.45, 2.75) is 26.1 Å². The van der Waals surface area contributed by atoms with Gasteiger partial charge in [-0.2, -0.15) is 0 Å². The van der Waals surface area contributed by atoms with Gasteiger partial charge in [-0.25, -0.2) is 4.98 Å². The molecule has 8 nitrogen and oxygen atoms in total. The van der Waals surface area contributed by atoms with Crippen molar-refractivity contribution < 1.29 is 37.0 Å². The maximum atomic E-state index is 13.2. The van der Waals surface area contributed by atoms with E-state index in [-0.39, 0.29) is 16.3 Å². The van der Waals surface area contributed by atoms with Crippen LogP contribution in [0.15, 0.2) is 40.9 Å². The van der Waals surface area contributed by atoms with E-state index in [2.05, 4.69) is 19.5 Å². The fourth-order valence-electron chi connectivity index (χ4n) is 3.11. The van der Waals surface area contributed by atoms with Crippen molar-refractivity contribution >= 4 is 33.0 Å². The van der Waals surface area contributed by atoms with Crippen molar-refractivity contribution in [1.82, 2.24) is 10.3 Å². The number of thiophene rings is 1. The van der Waals surface area contributed by atoms with Crippen LogP contribution in [0, 0.1) is 0 Å². The smallest absolute Gasteiger partial charge is 0.539 e. The molecule has 0 spiro atoms. The van der Waals surface area contributed by atoms with Crippen LogP contribution in [0.2, 0.25) is 0 Å². The lowest BCUT2D eigenvalue weighted by atomic mass is 10.1. The third-order valence-electron chi connectivity index (χ3n) is 4.50. The second kappa shape index (κ2) is 8.11. The lowest BCUT2D eigenvalue weighted by Gasteiger charge is -2.07. The Balaban J connectivity index is 1.72. The summed E-state index contributed by atoms with van der Waals surface area (Å²) in [6.07, 6.45) is -3.19. The molecule has 2 N–H and O–H groups in total. The molecular weight excluding hydrogens is 449 g/mol. The minimum absolute atomic E-state index is 0.0900. The largest absolute Gasteiger partial charge is 0.573 e. The number of hydrogen-bond acceptors (Lipinski definition) is 8. The maximum Gasteiger partial charge on any atom is 0.573 e. The van der Waals surface area contributed by atoms with Gasteiger partial charge in [0.15, 0.2) is 5.95 Å². The normalized spacial score (nSPS) is 11.8. The maximum absolute atomic E-state index is 13.2. The number of hydrogen-bond donors (Lipinski definition) is 1. The fraction of sp³-hybridized carbons (Fsp3) is 0.200. The number of ketones is 1. The summed E-state index contributed by atoms with van der Waals surface area (Å²) in [5.74, 6) is -2.21. The van der Waals surface area contributed by atoms with Gasteiger partial charge in [-0.15, -0.1) is 24.5 Å². The Kier molecular flexibility index (Phi) is 5.46. The number of ether oxygens (including phenoxy) is 1. The molecule has 4 aromatic rings. The minimum atomic E-state index is -4.85. The molecule has 4 rings (SSSR count). The van der Waals surface area contributed by atoms with Crippen LogP contribution in [0.25, 0.3) is 15.9 Å². The highest BCUT2D eigenvalue weighted by molar-refractivity contribution is 7.21. The summed E-state index contributed by atoms with van der Waals surface area (Å²) in [5, 5.41) is 16.4. The van der Waals surface area contributed by atoms with E-state index < -0.39 is 29.5 Å². The number of aryl methyl sites for hydroxylation is 1. The zero-order chi connectivity index (χ0) is 23.0. The molecule has 3 heterocycles. The first-order valence-electron chi connectivity index (χ1n) is 9.35. The van der Waals surface area contributed by atoms with Crippen molar-refractivity contribution in [3.8, 4) is 17.4 Å². The molecule has 0 atom stereocenters. The summed E-state index contributed by atoms with van der Waals surface area (Å²) < 4.78 is 46.5. The molecule has 0 aliphatic heterocycles. The van der Waals surface area contributed by atoms with E-state index in [1.807, 2.05) is 13.0 Å². The number of anilines is 1. The predicted molar refractivity (Wildman–Crippen MR) is 106 cm³/mol. The van der Waals surface area contributed by atoms with Crippen LogP contribution in [0.1, 0.15) is 34.4 Å². The lowest BCUT2D eigenvalue weighted by Crippen LogP contribution is -2.39. The van der Waals surface area contributed by atoms with Crippen molar-refractivity contribution in [2.24, 2.45) is 0 Å². The van der Waals surface area contributed by atoms with E-state index in [1.165, 1.54) is 12.1 Å². The summed E-state index contributed by atoms with van der Waals surface area (Å²) in [5.41, 5.74) is 6.86. The average Bonchev–Trinajstić information content (AvgIpc) is 3.27. The van der Waals surface area contributed by atoms with Crippen LogP contribution in [0.4, 0.5) is 18.9 Å². The van der Waals surface area contributed by atoms with Crippen LogP contribution < -0.4 is 20.3 Å². The van der Waals surface area contributed by atoms with Gasteiger partial charge in [0.2, 0.25) is 5.69 Å². The summed E-state index contributed by atoms with van der Waals surface area (Å²) in [6, 6.07) is 8.05. The van der Waals surface area contributed by atoms with Gasteiger partial charge in [-0.3, -0.25) is 4.79 Å². The molecule has 0 bridgehead atoms. The van der Waals surface area contributed by atoms with E-state index in [4.69, 9.17) is 5.73 Å². The quantitative estimate of drug-likeness (QED) is 0.344. The number of carbonyl (C=O) groups is 1. The molecule has 0 fully saturated rings. The van der Waals surface area contributed by atoms with E-state index in [0.717, 1.165) is 46.7 Å². The number of nitrogen functional groups attached to an aromatic ring is 1. The molecule has 0 saturated carbocycles. The molecule has 166 valence electrons. The van der Waals surface area contributed by atoms with Crippen molar-refractivity contribution in [1.29, 1.82) is 0 Å². The van der Waals surface area contributed by atoms with Gasteiger partial charge in [0, 0.05) is 23.2 Å². The van der Waals surface area contributed by atoms with Gasteiger partial charge in [0.1, 0.15) is 15.5 Å². The van der Waals surface area contributed by atoms with Crippen LogP contribution >= 0.6 is 11.3 Å². The molecule has 3 aromatic heterocycles. The first-order chi connectivity index (χ1) is 15.2. The van der Waals surface area contributed by atoms with Crippen LogP contribution in [-0.2, 0) is 6.42 Å². The molecule has 0 aliphatic carbocycles. The Morgan fingerprint density at radius 3 is 2.62 bits per heavy atom. The van der Waals surface area contributed by atoms with Gasteiger partial charge in [0.25, 0.3) is 5.78 Å². The second-order valence-electron chi connectivity index (χ2n) is 6.74. The third-order valence-corrected chi connectivity index (χ3v) is 5.62. The lowest BCUT2D eigenvalue weighted by molar-refractivity contribution is -0.672. The molecular formula is C20H15F3N4O4S. The Morgan fingerprint density at radius 1 is 1.25 bits per heavy atom. The molecule has 0 radical (unpaired) electrons. The summed E-state index contributed by atoms with van der Waals surface area (Å²) in [4.78, 5) is 18.3. The number of benzene rings is 1. The Hall–Kier alpha value is -3.67. The van der Waals surface area contributed by atoms with E-state index >= 15 is 0 Å². The Labute approximate surface area is 182 Å². The van der Waals surface area contributed by atoms with Gasteiger partial charge in [-0.1, -0.05) is 13.3 Å². The zero-order valence-corrected chi connectivity index (χ0v) is 17.3. The number of aromatic nitrogens is 3. The molecule has 0 amide bonds. The summed E-state index contributed by atoms with van der Waals surface area (Å²) >= 11 is 1.04. The molecule has 12 heteroatoms. The van der Waals surface area contributed by atoms with Gasteiger partial charge in [-0.05, 0) is 35.4 Å². The number of pyridine rings is 1. The van der Waals surface area contributed by atoms with Crippen molar-refractivity contribution in [3.63, 3.8) is 0 Å². The standard InChI is InChI=1S/C20H15F3N4O4S/c1-2-3-10-4-9-13-14(24)17(32-18(13)25-10)16(28)15-19(29)31-26-27(15)11-5-7-12(8-6-11)30-20(21,22)23/h4-9H,2-3H2,1H3,(H2-,24,26,28,29). The molecule has 32 heavy (non-hydrogen) atoms. The monoisotopic (exact) mass is 464 g/mol. The van der Waals surface area contributed by atoms with Gasteiger partial charge >= 0.3 is 12.1 Å². The number of nitrogens with zero attached hydrogens (tertiary/aromatic N) is 3. The molecule has 0 saturated heterocycles. The van der Waals surface area contributed by atoms with E-state index in [1.54, 1.807) is 6.07 Å². The SMILES string of the molecule is CCCc1ccc2c(N)c(C(=O)c3c([O-])on[n+]3-c3ccc(OC(F)(F)F)cc3)sc2n1. The highest BCUT2D eigenvalue weighted by Gasteiger charge is 2.33. The minimum Gasteiger partial charge on any atom is -0.539 e. The second-order valence-corrected chi connectivity index (χ2v) is 7.74. The number of rotatable bonds is 6. The van der Waals surface area contributed by atoms with Crippen LogP contribution in [0.5, 0.6) is 11.7 Å². The molecule has 0 unspecified atom stereocenters. The zero-order valence-electron chi connectivity index (χ0n) is 16.5. The van der Waals surface area contributed by atoms with E-state index in [9.17, 15) is 23.1 Å².